The van der Waals surface area contributed by atoms with E-state index in [9.17, 15) is 19.5 Å². The van der Waals surface area contributed by atoms with E-state index in [4.69, 9.17) is 0 Å². The molecule has 1 saturated heterocycles. The van der Waals surface area contributed by atoms with Gasteiger partial charge >= 0.3 is 6.03 Å². The van der Waals surface area contributed by atoms with Crippen LogP contribution >= 0.6 is 0 Å². The summed E-state index contributed by atoms with van der Waals surface area (Å²) in [5.41, 5.74) is 2.87. The third-order valence-electron chi connectivity index (χ3n) is 6.33. The molecule has 8 nitrogen and oxygen atoms in total. The van der Waals surface area contributed by atoms with Crippen molar-refractivity contribution in [3.8, 4) is 0 Å². The number of hydrogen-bond acceptors (Lipinski definition) is 4. The Balaban J connectivity index is 1.26. The normalized spacial score (nSPS) is 24.0. The summed E-state index contributed by atoms with van der Waals surface area (Å²) in [6.07, 6.45) is 5.02. The van der Waals surface area contributed by atoms with Crippen molar-refractivity contribution in [2.24, 2.45) is 4.99 Å². The second kappa shape index (κ2) is 7.16. The number of piperazine rings is 1. The quantitative estimate of drug-likeness (QED) is 0.775. The molecule has 160 valence electrons. The molecule has 1 aromatic carbocycles. The number of carbonyl (C=O) groups excluding carboxylic acids is 3. The number of fused-ring (bicyclic) bond motifs is 1. The molecule has 2 aliphatic heterocycles. The lowest BCUT2D eigenvalue weighted by molar-refractivity contribution is -0.143. The number of amides is 4. The number of aliphatic hydroxyl groups is 1. The van der Waals surface area contributed by atoms with Gasteiger partial charge in [0.1, 0.15) is 5.60 Å². The highest BCUT2D eigenvalue weighted by Gasteiger charge is 2.50. The summed E-state index contributed by atoms with van der Waals surface area (Å²) < 4.78 is 0. The van der Waals surface area contributed by atoms with Gasteiger partial charge in [-0.05, 0) is 43.5 Å². The van der Waals surface area contributed by atoms with Crippen LogP contribution in [0, 0.1) is 0 Å². The van der Waals surface area contributed by atoms with E-state index in [2.05, 4.69) is 16.4 Å². The largest absolute Gasteiger partial charge is 0.380 e. The van der Waals surface area contributed by atoms with Crippen molar-refractivity contribution >= 4 is 23.6 Å². The monoisotopic (exact) mass is 420 g/mol. The van der Waals surface area contributed by atoms with Crippen LogP contribution in [0.1, 0.15) is 41.6 Å². The van der Waals surface area contributed by atoms with Gasteiger partial charge in [0, 0.05) is 37.7 Å². The summed E-state index contributed by atoms with van der Waals surface area (Å²) in [7, 11) is 0. The smallest absolute Gasteiger partial charge is 0.345 e. The Morgan fingerprint density at radius 1 is 1.10 bits per heavy atom. The van der Waals surface area contributed by atoms with Gasteiger partial charge < -0.3 is 20.2 Å². The first-order valence-corrected chi connectivity index (χ1v) is 10.6. The lowest BCUT2D eigenvalue weighted by Crippen LogP contribution is -2.53. The van der Waals surface area contributed by atoms with Crippen LogP contribution < -0.4 is 5.32 Å². The van der Waals surface area contributed by atoms with Crippen molar-refractivity contribution in [2.45, 2.75) is 31.3 Å². The van der Waals surface area contributed by atoms with Gasteiger partial charge in [-0.1, -0.05) is 23.8 Å². The number of nitrogens with one attached hydrogen (secondary N) is 1. The average Bonchev–Trinajstić information content (AvgIpc) is 3.42. The van der Waals surface area contributed by atoms with Crippen molar-refractivity contribution < 1.29 is 19.5 Å². The molecule has 5 rings (SSSR count). The van der Waals surface area contributed by atoms with Crippen LogP contribution in [0.3, 0.4) is 0 Å². The standard InChI is InChI=1S/C23H24N4O4/c1-14-12-17(19-18(13-14)24-22(30)25-19)15-2-4-16(5-3-15)20(28)26-8-10-27(11-9-26)21(29)23(31)6-7-23/h2-5,12-13,17,31H,6-11H2,1H3,(H,24,30). The number of aliphatic imine (C=N–C) groups is 1. The molecule has 31 heavy (non-hydrogen) atoms. The molecule has 2 N–H and O–H groups in total. The van der Waals surface area contributed by atoms with Crippen LogP contribution in [0.15, 0.2) is 52.7 Å². The zero-order valence-electron chi connectivity index (χ0n) is 17.3. The maximum absolute atomic E-state index is 12.9. The highest BCUT2D eigenvalue weighted by Crippen LogP contribution is 2.37. The molecule has 2 fully saturated rings. The van der Waals surface area contributed by atoms with Crippen molar-refractivity contribution in [3.05, 3.63) is 58.8 Å². The molecular formula is C23H24N4O4. The minimum absolute atomic E-state index is 0.0743. The Morgan fingerprint density at radius 3 is 2.39 bits per heavy atom. The first-order valence-electron chi connectivity index (χ1n) is 10.6. The fourth-order valence-electron chi connectivity index (χ4n) is 4.35. The number of urea groups is 1. The number of benzene rings is 1. The van der Waals surface area contributed by atoms with Gasteiger partial charge in [-0.3, -0.25) is 9.59 Å². The van der Waals surface area contributed by atoms with E-state index < -0.39 is 5.60 Å². The lowest BCUT2D eigenvalue weighted by Gasteiger charge is -2.35. The highest BCUT2D eigenvalue weighted by molar-refractivity contribution is 6.17. The first kappa shape index (κ1) is 19.7. The highest BCUT2D eigenvalue weighted by atomic mass is 16.3. The summed E-state index contributed by atoms with van der Waals surface area (Å²) in [6, 6.07) is 7.05. The average molecular weight is 420 g/mol. The van der Waals surface area contributed by atoms with E-state index in [1.165, 1.54) is 0 Å². The summed E-state index contributed by atoms with van der Waals surface area (Å²) >= 11 is 0. The molecule has 8 heteroatoms. The van der Waals surface area contributed by atoms with Crippen molar-refractivity contribution in [1.29, 1.82) is 0 Å². The predicted octanol–water partition coefficient (Wildman–Crippen LogP) is 1.59. The summed E-state index contributed by atoms with van der Waals surface area (Å²) in [5, 5.41) is 12.8. The lowest BCUT2D eigenvalue weighted by atomic mass is 9.86. The van der Waals surface area contributed by atoms with E-state index in [1.54, 1.807) is 21.9 Å². The maximum Gasteiger partial charge on any atom is 0.345 e. The second-order valence-electron chi connectivity index (χ2n) is 8.61. The molecule has 1 aromatic rings. The van der Waals surface area contributed by atoms with E-state index in [1.807, 2.05) is 25.1 Å². The molecule has 1 atom stereocenters. The molecular weight excluding hydrogens is 396 g/mol. The molecule has 2 heterocycles. The van der Waals surface area contributed by atoms with Gasteiger partial charge in [-0.15, -0.1) is 0 Å². The molecule has 2 aliphatic carbocycles. The Labute approximate surface area is 179 Å². The van der Waals surface area contributed by atoms with Gasteiger partial charge in [0.15, 0.2) is 0 Å². The third kappa shape index (κ3) is 3.57. The Kier molecular flexibility index (Phi) is 4.55. The summed E-state index contributed by atoms with van der Waals surface area (Å²) in [4.78, 5) is 44.4. The number of allylic oxidation sites excluding steroid dienone is 4. The zero-order chi connectivity index (χ0) is 21.8. The van der Waals surface area contributed by atoms with E-state index >= 15 is 0 Å². The van der Waals surface area contributed by atoms with E-state index in [0.29, 0.717) is 50.3 Å². The Hall–Kier alpha value is -3.26. The van der Waals surface area contributed by atoms with E-state index in [-0.39, 0.29) is 23.8 Å². The minimum Gasteiger partial charge on any atom is -0.380 e. The van der Waals surface area contributed by atoms with Gasteiger partial charge in [0.05, 0.1) is 11.4 Å². The van der Waals surface area contributed by atoms with Crippen LogP contribution in [-0.4, -0.2) is 70.2 Å². The fourth-order valence-corrected chi connectivity index (χ4v) is 4.35. The molecule has 4 aliphatic rings. The van der Waals surface area contributed by atoms with Crippen LogP contribution in [0.2, 0.25) is 0 Å². The topological polar surface area (TPSA) is 102 Å². The molecule has 0 bridgehead atoms. The zero-order valence-corrected chi connectivity index (χ0v) is 17.3. The minimum atomic E-state index is -1.16. The molecule has 0 spiro atoms. The van der Waals surface area contributed by atoms with Crippen molar-refractivity contribution in [3.63, 3.8) is 0 Å². The van der Waals surface area contributed by atoms with Crippen LogP contribution in [0.5, 0.6) is 0 Å². The molecule has 1 unspecified atom stereocenters. The predicted molar refractivity (Wildman–Crippen MR) is 114 cm³/mol. The number of hydrogen-bond donors (Lipinski definition) is 2. The second-order valence-corrected chi connectivity index (χ2v) is 8.61. The number of nitrogens with zero attached hydrogens (tertiary/aromatic N) is 3. The summed E-state index contributed by atoms with van der Waals surface area (Å²) in [6.45, 7) is 3.75. The fraction of sp³-hybridized carbons (Fsp3) is 0.391. The van der Waals surface area contributed by atoms with Crippen molar-refractivity contribution in [2.75, 3.05) is 26.2 Å². The molecule has 0 aromatic heterocycles. The van der Waals surface area contributed by atoms with Gasteiger partial charge in [0.2, 0.25) is 0 Å². The van der Waals surface area contributed by atoms with Gasteiger partial charge in [-0.2, -0.15) is 4.99 Å². The molecule has 1 saturated carbocycles. The Morgan fingerprint density at radius 2 is 1.74 bits per heavy atom. The van der Waals surface area contributed by atoms with Crippen molar-refractivity contribution in [1.82, 2.24) is 15.1 Å². The SMILES string of the molecule is CC1=CC(c2ccc(C(=O)N3CCN(C(=O)C4(O)CC4)CC3)cc2)C2=NC(=O)NC2=C1. The molecule has 0 radical (unpaired) electrons. The van der Waals surface area contributed by atoms with Crippen LogP contribution in [-0.2, 0) is 4.79 Å². The summed E-state index contributed by atoms with van der Waals surface area (Å²) in [5.74, 6) is -0.420. The molecule has 4 amide bonds. The Bertz CT molecular complexity index is 1060. The maximum atomic E-state index is 12.9. The van der Waals surface area contributed by atoms with Gasteiger partial charge in [-0.25, -0.2) is 4.79 Å². The first-order chi connectivity index (χ1) is 14.8. The van der Waals surface area contributed by atoms with Crippen LogP contribution in [0.25, 0.3) is 0 Å². The number of carbonyl (C=O) groups is 3. The third-order valence-corrected chi connectivity index (χ3v) is 6.33. The van der Waals surface area contributed by atoms with Crippen LogP contribution in [0.4, 0.5) is 4.79 Å². The van der Waals surface area contributed by atoms with Gasteiger partial charge in [0.25, 0.3) is 11.8 Å². The number of rotatable bonds is 3. The van der Waals surface area contributed by atoms with E-state index in [0.717, 1.165) is 16.8 Å².